The largest absolute Gasteiger partial charge is 0.381 e. The van der Waals surface area contributed by atoms with Crippen molar-refractivity contribution in [2.24, 2.45) is 0 Å². The van der Waals surface area contributed by atoms with Crippen molar-refractivity contribution in [2.45, 2.75) is 25.1 Å². The van der Waals surface area contributed by atoms with Crippen molar-refractivity contribution in [3.05, 3.63) is 82.3 Å². The minimum absolute atomic E-state index is 0.0504. The van der Waals surface area contributed by atoms with E-state index in [2.05, 4.69) is 24.8 Å². The lowest BCUT2D eigenvalue weighted by Gasteiger charge is -2.35. The zero-order chi connectivity index (χ0) is 23.6. The number of aliphatic hydroxyl groups is 1. The molecule has 2 aromatic heterocycles. The van der Waals surface area contributed by atoms with Crippen molar-refractivity contribution in [3.63, 3.8) is 0 Å². The molecule has 0 saturated heterocycles. The molecule has 0 saturated carbocycles. The minimum Gasteiger partial charge on any atom is -0.381 e. The van der Waals surface area contributed by atoms with E-state index >= 15 is 0 Å². The highest BCUT2D eigenvalue weighted by Crippen LogP contribution is 2.30. The van der Waals surface area contributed by atoms with Gasteiger partial charge in [-0.2, -0.15) is 9.47 Å². The summed E-state index contributed by atoms with van der Waals surface area (Å²) in [5.41, 5.74) is -1.50. The predicted molar refractivity (Wildman–Crippen MR) is 118 cm³/mol. The maximum Gasteiger partial charge on any atom is 0.282 e. The van der Waals surface area contributed by atoms with Gasteiger partial charge in [-0.3, -0.25) is 4.79 Å². The normalized spacial score (nSPS) is 14.0. The molecular weight excluding hydrogens is 474 g/mol. The minimum atomic E-state index is -1.98. The fourth-order valence-electron chi connectivity index (χ4n) is 3.27. The van der Waals surface area contributed by atoms with Crippen LogP contribution in [0.1, 0.15) is 22.3 Å². The molecule has 0 fully saturated rings. The van der Waals surface area contributed by atoms with Crippen molar-refractivity contribution in [1.82, 2.24) is 29.4 Å². The molecule has 0 aliphatic rings. The Morgan fingerprint density at radius 3 is 2.70 bits per heavy atom. The molecule has 2 N–H and O–H groups in total. The lowest BCUT2D eigenvalue weighted by atomic mass is 9.86. The van der Waals surface area contributed by atoms with Crippen LogP contribution in [0.25, 0.3) is 11.4 Å². The second kappa shape index (κ2) is 9.30. The highest BCUT2D eigenvalue weighted by molar-refractivity contribution is 7.07. The van der Waals surface area contributed by atoms with Crippen LogP contribution in [0.3, 0.4) is 0 Å². The molecule has 2 heterocycles. The second-order valence-electron chi connectivity index (χ2n) is 7.27. The number of benzene rings is 2. The first kappa shape index (κ1) is 22.9. The van der Waals surface area contributed by atoms with E-state index in [9.17, 15) is 18.7 Å². The molecule has 0 bridgehead atoms. The van der Waals surface area contributed by atoms with Gasteiger partial charge in [-0.1, -0.05) is 17.7 Å². The summed E-state index contributed by atoms with van der Waals surface area (Å²) in [4.78, 5) is 20.9. The van der Waals surface area contributed by atoms with Crippen LogP contribution in [-0.4, -0.2) is 41.2 Å². The van der Waals surface area contributed by atoms with Gasteiger partial charge in [0.1, 0.15) is 29.9 Å². The van der Waals surface area contributed by atoms with E-state index in [0.29, 0.717) is 22.5 Å². The molecule has 2 aromatic carbocycles. The first-order valence-electron chi connectivity index (χ1n) is 9.67. The molecule has 0 radical (unpaired) electrons. The highest BCUT2D eigenvalue weighted by Gasteiger charge is 2.40. The maximum absolute atomic E-state index is 14.6. The Hall–Kier alpha value is -3.28. The van der Waals surface area contributed by atoms with Gasteiger partial charge < -0.3 is 10.4 Å². The van der Waals surface area contributed by atoms with Gasteiger partial charge in [0, 0.05) is 22.2 Å². The highest BCUT2D eigenvalue weighted by atomic mass is 35.5. The van der Waals surface area contributed by atoms with Gasteiger partial charge in [-0.05, 0) is 48.8 Å². The van der Waals surface area contributed by atoms with Crippen molar-refractivity contribution in [2.75, 3.05) is 0 Å². The summed E-state index contributed by atoms with van der Waals surface area (Å²) in [6.45, 7) is 1.25. The average Bonchev–Trinajstić information content (AvgIpc) is 3.46. The van der Waals surface area contributed by atoms with Crippen LogP contribution in [0, 0.1) is 11.6 Å². The molecule has 1 amide bonds. The number of halogens is 3. The van der Waals surface area contributed by atoms with Crippen molar-refractivity contribution >= 4 is 29.0 Å². The van der Waals surface area contributed by atoms with Crippen molar-refractivity contribution < 1.29 is 18.7 Å². The molecule has 12 heteroatoms. The lowest BCUT2D eigenvalue weighted by molar-refractivity contribution is -0.0186. The van der Waals surface area contributed by atoms with Gasteiger partial charge in [0.15, 0.2) is 5.82 Å². The van der Waals surface area contributed by atoms with Crippen LogP contribution < -0.4 is 5.32 Å². The summed E-state index contributed by atoms with van der Waals surface area (Å²) < 4.78 is 33.6. The lowest BCUT2D eigenvalue weighted by Crippen LogP contribution is -2.51. The van der Waals surface area contributed by atoms with Crippen LogP contribution in [-0.2, 0) is 12.1 Å². The van der Waals surface area contributed by atoms with E-state index in [-0.39, 0.29) is 17.1 Å². The molecular formula is C21H17ClF2N6O2S. The molecule has 0 aliphatic heterocycles. The van der Waals surface area contributed by atoms with Gasteiger partial charge in [0.05, 0.1) is 12.6 Å². The number of hydrogen-bond acceptors (Lipinski definition) is 7. The molecule has 4 rings (SSSR count). The molecule has 8 nitrogen and oxygen atoms in total. The fraction of sp³-hybridized carbons (Fsp3) is 0.190. The monoisotopic (exact) mass is 490 g/mol. The van der Waals surface area contributed by atoms with Gasteiger partial charge in [0.2, 0.25) is 5.01 Å². The Bertz CT molecular complexity index is 1270. The Morgan fingerprint density at radius 2 is 2.03 bits per heavy atom. The predicted octanol–water partition coefficient (Wildman–Crippen LogP) is 3.43. The van der Waals surface area contributed by atoms with E-state index < -0.39 is 29.2 Å². The van der Waals surface area contributed by atoms with E-state index in [1.54, 1.807) is 24.3 Å². The Labute approximate surface area is 196 Å². The smallest absolute Gasteiger partial charge is 0.282 e. The van der Waals surface area contributed by atoms with Crippen LogP contribution >= 0.6 is 23.1 Å². The van der Waals surface area contributed by atoms with E-state index in [4.69, 9.17) is 11.6 Å². The third-order valence-electron chi connectivity index (χ3n) is 5.05. The zero-order valence-corrected chi connectivity index (χ0v) is 18.7. The summed E-state index contributed by atoms with van der Waals surface area (Å²) in [7, 11) is 0. The third-order valence-corrected chi connectivity index (χ3v) is 6.02. The van der Waals surface area contributed by atoms with Crippen LogP contribution in [0.15, 0.2) is 55.1 Å². The second-order valence-corrected chi connectivity index (χ2v) is 8.45. The molecule has 170 valence electrons. The van der Waals surface area contributed by atoms with E-state index in [1.807, 2.05) is 0 Å². The van der Waals surface area contributed by atoms with E-state index in [0.717, 1.165) is 23.7 Å². The maximum atomic E-state index is 14.6. The summed E-state index contributed by atoms with van der Waals surface area (Å²) in [5.74, 6) is -2.02. The van der Waals surface area contributed by atoms with Crippen LogP contribution in [0.4, 0.5) is 8.78 Å². The van der Waals surface area contributed by atoms with Crippen LogP contribution in [0.5, 0.6) is 0 Å². The molecule has 2 atom stereocenters. The van der Waals surface area contributed by atoms with Crippen LogP contribution in [0.2, 0.25) is 5.02 Å². The molecule has 0 unspecified atom stereocenters. The van der Waals surface area contributed by atoms with Crippen molar-refractivity contribution in [3.8, 4) is 11.4 Å². The first-order chi connectivity index (χ1) is 15.8. The first-order valence-corrected chi connectivity index (χ1v) is 10.8. The number of carbonyl (C=O) groups is 1. The topological polar surface area (TPSA) is 106 Å². The number of amides is 1. The van der Waals surface area contributed by atoms with Gasteiger partial charge in [-0.25, -0.2) is 23.4 Å². The number of hydrogen-bond donors (Lipinski definition) is 2. The van der Waals surface area contributed by atoms with Gasteiger partial charge >= 0.3 is 0 Å². The van der Waals surface area contributed by atoms with Crippen molar-refractivity contribution in [1.29, 1.82) is 0 Å². The average molecular weight is 491 g/mol. The number of aromatic nitrogens is 5. The quantitative estimate of drug-likeness (QED) is 0.411. The molecule has 0 spiro atoms. The Balaban J connectivity index is 1.59. The summed E-state index contributed by atoms with van der Waals surface area (Å²) in [6, 6.07) is 8.61. The number of nitrogens with one attached hydrogen (secondary N) is 1. The number of carbonyl (C=O) groups excluding carboxylic acids is 1. The van der Waals surface area contributed by atoms with Gasteiger partial charge in [-0.15, -0.1) is 0 Å². The number of rotatable bonds is 7. The summed E-state index contributed by atoms with van der Waals surface area (Å²) in [5, 5.41) is 18.7. The SMILES string of the molecule is C[C@@H](NC(=O)c1nc(-c2ccc(Cl)cc2)ns1)[C@](O)(Cn1cncn1)c1ccc(F)cc1F. The fourth-order valence-corrected chi connectivity index (χ4v) is 3.98. The zero-order valence-electron chi connectivity index (χ0n) is 17.1. The summed E-state index contributed by atoms with van der Waals surface area (Å²) in [6.07, 6.45) is 2.59. The van der Waals surface area contributed by atoms with E-state index in [1.165, 1.54) is 24.3 Å². The number of nitrogens with zero attached hydrogens (tertiary/aromatic N) is 5. The summed E-state index contributed by atoms with van der Waals surface area (Å²) >= 11 is 6.77. The standard InChI is InChI=1S/C21H17ClF2N6O2S/c1-12(27-19(31)20-28-18(29-33-20)13-2-4-14(22)5-3-13)21(32,9-30-11-25-10-26-30)16-7-6-15(23)8-17(16)24/h2-8,10-12,32H,9H2,1H3,(H,27,31)/t12-,21-/m1/s1. The Kier molecular flexibility index (Phi) is 6.45. The molecule has 4 aromatic rings. The Morgan fingerprint density at radius 1 is 1.27 bits per heavy atom. The molecule has 0 aliphatic carbocycles. The molecule has 33 heavy (non-hydrogen) atoms. The third kappa shape index (κ3) is 4.90. The van der Waals surface area contributed by atoms with Gasteiger partial charge in [0.25, 0.3) is 5.91 Å².